The lowest BCUT2D eigenvalue weighted by Gasteiger charge is -2.32. The molecule has 3 nitrogen and oxygen atoms in total. The van der Waals surface area contributed by atoms with Crippen LogP contribution in [0.5, 0.6) is 0 Å². The lowest BCUT2D eigenvalue weighted by molar-refractivity contribution is -0.153. The van der Waals surface area contributed by atoms with Gasteiger partial charge in [0.25, 0.3) is 0 Å². The molecule has 0 bridgehead atoms. The van der Waals surface area contributed by atoms with Gasteiger partial charge >= 0.3 is 5.97 Å². The molecule has 3 heteroatoms. The summed E-state index contributed by atoms with van der Waals surface area (Å²) >= 11 is 0. The first-order valence-electron chi connectivity index (χ1n) is 5.84. The molecule has 0 aromatic heterocycles. The molecule has 15 heavy (non-hydrogen) atoms. The quantitative estimate of drug-likeness (QED) is 0.727. The molecule has 1 rings (SSSR count). The smallest absolute Gasteiger partial charge is 0.320 e. The Morgan fingerprint density at radius 1 is 1.47 bits per heavy atom. The molecule has 1 N–H and O–H groups in total. The van der Waals surface area contributed by atoms with E-state index in [0.717, 1.165) is 5.92 Å². The van der Waals surface area contributed by atoms with Gasteiger partial charge in [0.05, 0.1) is 6.54 Å². The van der Waals surface area contributed by atoms with E-state index in [2.05, 4.69) is 12.2 Å². The van der Waals surface area contributed by atoms with Crippen LogP contribution in [0.3, 0.4) is 0 Å². The fourth-order valence-electron chi connectivity index (χ4n) is 1.73. The predicted molar refractivity (Wildman–Crippen MR) is 60.7 cm³/mol. The second-order valence-electron chi connectivity index (χ2n) is 5.45. The fraction of sp³-hybridized carbons (Fsp3) is 0.917. The summed E-state index contributed by atoms with van der Waals surface area (Å²) in [4.78, 5) is 11.4. The zero-order chi connectivity index (χ0) is 11.5. The average Bonchev–Trinajstić information content (AvgIpc) is 1.94. The van der Waals surface area contributed by atoms with Gasteiger partial charge in [0, 0.05) is 6.04 Å². The molecule has 88 valence electrons. The summed E-state index contributed by atoms with van der Waals surface area (Å²) in [5.74, 6) is 0.598. The number of hydrogen-bond acceptors (Lipinski definition) is 3. The molecule has 0 amide bonds. The molecule has 1 fully saturated rings. The van der Waals surface area contributed by atoms with E-state index in [0.29, 0.717) is 12.6 Å². The second-order valence-corrected chi connectivity index (χ2v) is 5.45. The topological polar surface area (TPSA) is 38.3 Å². The van der Waals surface area contributed by atoms with Crippen molar-refractivity contribution in [3.05, 3.63) is 0 Å². The zero-order valence-electron chi connectivity index (χ0n) is 10.3. The summed E-state index contributed by atoms with van der Waals surface area (Å²) in [6.07, 6.45) is 3.92. The number of carbonyl (C=O) groups excluding carboxylic acids is 1. The third-order valence-electron chi connectivity index (χ3n) is 2.85. The normalized spacial score (nSPS) is 19.5. The summed E-state index contributed by atoms with van der Waals surface area (Å²) < 4.78 is 5.22. The maximum absolute atomic E-state index is 11.4. The van der Waals surface area contributed by atoms with Gasteiger partial charge in [0.2, 0.25) is 0 Å². The zero-order valence-corrected chi connectivity index (χ0v) is 10.3. The van der Waals surface area contributed by atoms with Crippen LogP contribution >= 0.6 is 0 Å². The van der Waals surface area contributed by atoms with Crippen LogP contribution in [-0.2, 0) is 9.53 Å². The lowest BCUT2D eigenvalue weighted by atomic mass is 9.80. The van der Waals surface area contributed by atoms with Crippen LogP contribution in [0.25, 0.3) is 0 Å². The molecule has 0 aromatic rings. The molecular weight excluding hydrogens is 190 g/mol. The first-order valence-corrected chi connectivity index (χ1v) is 5.84. The predicted octanol–water partition coefficient (Wildman–Crippen LogP) is 2.11. The number of rotatable bonds is 4. The lowest BCUT2D eigenvalue weighted by Crippen LogP contribution is -2.41. The van der Waals surface area contributed by atoms with Crippen LogP contribution in [0, 0.1) is 5.92 Å². The Labute approximate surface area is 92.6 Å². The minimum atomic E-state index is -0.377. The Balaban J connectivity index is 2.15. The molecule has 0 radical (unpaired) electrons. The standard InChI is InChI=1S/C12H23NO2/c1-9(10-6-5-7-10)13-8-11(14)15-12(2,3)4/h9-10,13H,5-8H2,1-4H3. The molecule has 1 aliphatic rings. The minimum Gasteiger partial charge on any atom is -0.459 e. The molecular formula is C12H23NO2. The maximum atomic E-state index is 11.4. The summed E-state index contributed by atoms with van der Waals surface area (Å²) in [6, 6.07) is 0.436. The Kier molecular flexibility index (Phi) is 4.14. The summed E-state index contributed by atoms with van der Waals surface area (Å²) in [7, 11) is 0. The van der Waals surface area contributed by atoms with Gasteiger partial charge < -0.3 is 10.1 Å². The molecule has 1 atom stereocenters. The van der Waals surface area contributed by atoms with Gasteiger partial charge in [-0.25, -0.2) is 0 Å². The van der Waals surface area contributed by atoms with Crippen molar-refractivity contribution in [1.29, 1.82) is 0 Å². The molecule has 1 saturated carbocycles. The Morgan fingerprint density at radius 2 is 2.07 bits per heavy atom. The van der Waals surface area contributed by atoms with E-state index < -0.39 is 0 Å². The van der Waals surface area contributed by atoms with Crippen LogP contribution in [-0.4, -0.2) is 24.2 Å². The third-order valence-corrected chi connectivity index (χ3v) is 2.85. The van der Waals surface area contributed by atoms with Crippen molar-refractivity contribution in [2.75, 3.05) is 6.54 Å². The van der Waals surface area contributed by atoms with Crippen LogP contribution in [0.1, 0.15) is 47.0 Å². The van der Waals surface area contributed by atoms with E-state index in [-0.39, 0.29) is 11.6 Å². The van der Waals surface area contributed by atoms with Gasteiger partial charge in [-0.3, -0.25) is 4.79 Å². The summed E-state index contributed by atoms with van der Waals surface area (Å²) in [5, 5.41) is 3.23. The Morgan fingerprint density at radius 3 is 2.47 bits per heavy atom. The van der Waals surface area contributed by atoms with Gasteiger partial charge in [-0.05, 0) is 46.5 Å². The number of carbonyl (C=O) groups is 1. The maximum Gasteiger partial charge on any atom is 0.320 e. The number of esters is 1. The SMILES string of the molecule is CC(NCC(=O)OC(C)(C)C)C1CCC1. The Hall–Kier alpha value is -0.570. The minimum absolute atomic E-state index is 0.159. The van der Waals surface area contributed by atoms with Crippen LogP contribution in [0.2, 0.25) is 0 Å². The highest BCUT2D eigenvalue weighted by Gasteiger charge is 2.24. The largest absolute Gasteiger partial charge is 0.459 e. The van der Waals surface area contributed by atoms with Crippen molar-refractivity contribution in [3.63, 3.8) is 0 Å². The van der Waals surface area contributed by atoms with Gasteiger partial charge in [0.15, 0.2) is 0 Å². The van der Waals surface area contributed by atoms with Crippen molar-refractivity contribution in [3.8, 4) is 0 Å². The van der Waals surface area contributed by atoms with E-state index in [4.69, 9.17) is 4.74 Å². The van der Waals surface area contributed by atoms with Crippen molar-refractivity contribution in [2.45, 2.75) is 58.6 Å². The molecule has 0 aromatic carbocycles. The van der Waals surface area contributed by atoms with Crippen molar-refractivity contribution in [1.82, 2.24) is 5.32 Å². The highest BCUT2D eigenvalue weighted by molar-refractivity contribution is 5.72. The van der Waals surface area contributed by atoms with Crippen molar-refractivity contribution < 1.29 is 9.53 Å². The fourth-order valence-corrected chi connectivity index (χ4v) is 1.73. The summed E-state index contributed by atoms with van der Waals surface area (Å²) in [6.45, 7) is 8.14. The van der Waals surface area contributed by atoms with Crippen LogP contribution < -0.4 is 5.32 Å². The number of nitrogens with one attached hydrogen (secondary N) is 1. The average molecular weight is 213 g/mol. The molecule has 0 spiro atoms. The highest BCUT2D eigenvalue weighted by Crippen LogP contribution is 2.29. The monoisotopic (exact) mass is 213 g/mol. The van der Waals surface area contributed by atoms with E-state index in [9.17, 15) is 4.79 Å². The van der Waals surface area contributed by atoms with Crippen LogP contribution in [0.15, 0.2) is 0 Å². The van der Waals surface area contributed by atoms with E-state index in [1.807, 2.05) is 20.8 Å². The van der Waals surface area contributed by atoms with E-state index >= 15 is 0 Å². The van der Waals surface area contributed by atoms with Gasteiger partial charge in [-0.15, -0.1) is 0 Å². The molecule has 0 heterocycles. The van der Waals surface area contributed by atoms with Crippen molar-refractivity contribution in [2.24, 2.45) is 5.92 Å². The molecule has 1 aliphatic carbocycles. The highest BCUT2D eigenvalue weighted by atomic mass is 16.6. The van der Waals surface area contributed by atoms with Crippen LogP contribution in [0.4, 0.5) is 0 Å². The van der Waals surface area contributed by atoms with E-state index in [1.165, 1.54) is 19.3 Å². The van der Waals surface area contributed by atoms with Gasteiger partial charge in [-0.2, -0.15) is 0 Å². The first-order chi connectivity index (χ1) is 6.88. The van der Waals surface area contributed by atoms with E-state index in [1.54, 1.807) is 0 Å². The summed E-state index contributed by atoms with van der Waals surface area (Å²) in [5.41, 5.74) is -0.377. The second kappa shape index (κ2) is 4.97. The molecule has 0 aliphatic heterocycles. The van der Waals surface area contributed by atoms with Crippen molar-refractivity contribution >= 4 is 5.97 Å². The molecule has 1 unspecified atom stereocenters. The Bertz CT molecular complexity index is 216. The van der Waals surface area contributed by atoms with Gasteiger partial charge in [-0.1, -0.05) is 6.42 Å². The molecule has 0 saturated heterocycles. The number of hydrogen-bond donors (Lipinski definition) is 1. The first kappa shape index (κ1) is 12.5. The number of ether oxygens (including phenoxy) is 1. The van der Waals surface area contributed by atoms with Gasteiger partial charge in [0.1, 0.15) is 5.60 Å². The third kappa shape index (κ3) is 4.65.